The van der Waals surface area contributed by atoms with Gasteiger partial charge in [0.25, 0.3) is 0 Å². The molecule has 4 heteroatoms. The Morgan fingerprint density at radius 2 is 1.54 bits per heavy atom. The van der Waals surface area contributed by atoms with Crippen LogP contribution in [-0.2, 0) is 0 Å². The van der Waals surface area contributed by atoms with Gasteiger partial charge >= 0.3 is 0 Å². The van der Waals surface area contributed by atoms with Crippen molar-refractivity contribution in [1.29, 1.82) is 0 Å². The molecule has 0 aliphatic heterocycles. The van der Waals surface area contributed by atoms with Crippen LogP contribution in [0, 0.1) is 6.92 Å². The van der Waals surface area contributed by atoms with E-state index in [2.05, 4.69) is 34.4 Å². The zero-order valence-corrected chi connectivity index (χ0v) is 14.0. The average molecular weight is 329 g/mol. The molecule has 0 saturated carbocycles. The lowest BCUT2D eigenvalue weighted by molar-refractivity contribution is 1.26. The van der Waals surface area contributed by atoms with Crippen LogP contribution in [-0.4, -0.2) is 15.0 Å². The fourth-order valence-corrected chi connectivity index (χ4v) is 3.53. The minimum absolute atomic E-state index is 0.962. The predicted octanol–water partition coefficient (Wildman–Crippen LogP) is 5.24. The third-order valence-corrected chi connectivity index (χ3v) is 4.83. The summed E-state index contributed by atoms with van der Waals surface area (Å²) >= 11 is 1.64. The van der Waals surface area contributed by atoms with E-state index in [0.717, 1.165) is 27.4 Å². The lowest BCUT2D eigenvalue weighted by Crippen LogP contribution is -1.88. The fourth-order valence-electron chi connectivity index (χ4n) is 2.69. The molecule has 0 atom stereocenters. The molecule has 0 saturated heterocycles. The van der Waals surface area contributed by atoms with Gasteiger partial charge < -0.3 is 0 Å². The average Bonchev–Trinajstić information content (AvgIpc) is 3.12. The van der Waals surface area contributed by atoms with Crippen LogP contribution in [0.5, 0.6) is 0 Å². The topological polar surface area (TPSA) is 38.7 Å². The van der Waals surface area contributed by atoms with Crippen LogP contribution in [0.25, 0.3) is 33.0 Å². The summed E-state index contributed by atoms with van der Waals surface area (Å²) in [6.45, 7) is 2.08. The van der Waals surface area contributed by atoms with E-state index in [0.29, 0.717) is 0 Å². The summed E-state index contributed by atoms with van der Waals surface area (Å²) in [7, 11) is 0. The number of benzene rings is 1. The Kier molecular flexibility index (Phi) is 3.89. The molecule has 24 heavy (non-hydrogen) atoms. The van der Waals surface area contributed by atoms with Gasteiger partial charge in [-0.1, -0.05) is 30.3 Å². The van der Waals surface area contributed by atoms with Crippen LogP contribution in [0.2, 0.25) is 0 Å². The molecule has 4 rings (SSSR count). The van der Waals surface area contributed by atoms with Gasteiger partial charge in [-0.2, -0.15) is 0 Å². The first-order valence-electron chi connectivity index (χ1n) is 7.69. The SMILES string of the molecule is Cc1ccncc1-c1csc(-c2cnccc2-c2ccccc2)n1. The Bertz CT molecular complexity index is 977. The summed E-state index contributed by atoms with van der Waals surface area (Å²) in [5.41, 5.74) is 6.59. The molecule has 0 aliphatic rings. The van der Waals surface area contributed by atoms with E-state index in [1.165, 1.54) is 11.1 Å². The van der Waals surface area contributed by atoms with E-state index in [1.807, 2.05) is 48.9 Å². The van der Waals surface area contributed by atoms with Gasteiger partial charge in [0.1, 0.15) is 5.01 Å². The van der Waals surface area contributed by atoms with Gasteiger partial charge in [-0.15, -0.1) is 11.3 Å². The number of hydrogen-bond donors (Lipinski definition) is 0. The molecule has 4 aromatic rings. The number of rotatable bonds is 3. The second-order valence-electron chi connectivity index (χ2n) is 5.52. The molecule has 0 fully saturated rings. The minimum atomic E-state index is 0.962. The summed E-state index contributed by atoms with van der Waals surface area (Å²) in [6.07, 6.45) is 7.39. The lowest BCUT2D eigenvalue weighted by atomic mass is 10.0. The summed E-state index contributed by atoms with van der Waals surface area (Å²) in [5.74, 6) is 0. The van der Waals surface area contributed by atoms with Gasteiger partial charge in [0, 0.05) is 41.3 Å². The highest BCUT2D eigenvalue weighted by molar-refractivity contribution is 7.13. The van der Waals surface area contributed by atoms with Gasteiger partial charge in [0.05, 0.1) is 5.69 Å². The highest BCUT2D eigenvalue weighted by Crippen LogP contribution is 2.35. The highest BCUT2D eigenvalue weighted by atomic mass is 32.1. The molecule has 1 aromatic carbocycles. The molecule has 0 radical (unpaired) electrons. The Labute approximate surface area is 144 Å². The van der Waals surface area contributed by atoms with Crippen LogP contribution in [0.3, 0.4) is 0 Å². The third-order valence-electron chi connectivity index (χ3n) is 3.96. The number of thiazole rings is 1. The number of aromatic nitrogens is 3. The third kappa shape index (κ3) is 2.72. The Morgan fingerprint density at radius 1 is 0.792 bits per heavy atom. The Hall–Kier alpha value is -2.85. The van der Waals surface area contributed by atoms with Gasteiger partial charge in [-0.3, -0.25) is 9.97 Å². The van der Waals surface area contributed by atoms with Crippen LogP contribution < -0.4 is 0 Å². The molecule has 3 heterocycles. The monoisotopic (exact) mass is 329 g/mol. The van der Waals surface area contributed by atoms with Crippen molar-refractivity contribution in [3.8, 4) is 33.0 Å². The van der Waals surface area contributed by atoms with E-state index < -0.39 is 0 Å². The molecule has 0 aliphatic carbocycles. The second kappa shape index (κ2) is 6.34. The molecule has 0 unspecified atom stereocenters. The van der Waals surface area contributed by atoms with Crippen molar-refractivity contribution >= 4 is 11.3 Å². The van der Waals surface area contributed by atoms with Crippen LogP contribution >= 0.6 is 11.3 Å². The zero-order valence-electron chi connectivity index (χ0n) is 13.2. The maximum absolute atomic E-state index is 4.84. The van der Waals surface area contributed by atoms with E-state index in [9.17, 15) is 0 Å². The van der Waals surface area contributed by atoms with Crippen molar-refractivity contribution in [2.75, 3.05) is 0 Å². The number of aryl methyl sites for hydroxylation is 1. The minimum Gasteiger partial charge on any atom is -0.264 e. The standard InChI is InChI=1S/C20H15N3S/c1-14-7-9-21-11-17(14)19-13-24-20(23-19)18-12-22-10-8-16(18)15-5-3-2-4-6-15/h2-13H,1H3. The van der Waals surface area contributed by atoms with Gasteiger partial charge in [0.2, 0.25) is 0 Å². The highest BCUT2D eigenvalue weighted by Gasteiger charge is 2.13. The molecule has 0 amide bonds. The van der Waals surface area contributed by atoms with Crippen molar-refractivity contribution in [3.05, 3.63) is 78.2 Å². The Morgan fingerprint density at radius 3 is 2.33 bits per heavy atom. The van der Waals surface area contributed by atoms with Crippen molar-refractivity contribution in [2.45, 2.75) is 6.92 Å². The van der Waals surface area contributed by atoms with Crippen LogP contribution in [0.4, 0.5) is 0 Å². The molecule has 116 valence electrons. The largest absolute Gasteiger partial charge is 0.264 e. The molecular formula is C20H15N3S. The van der Waals surface area contributed by atoms with Gasteiger partial charge in [0.15, 0.2) is 0 Å². The van der Waals surface area contributed by atoms with E-state index in [-0.39, 0.29) is 0 Å². The van der Waals surface area contributed by atoms with Crippen molar-refractivity contribution in [1.82, 2.24) is 15.0 Å². The van der Waals surface area contributed by atoms with Crippen molar-refractivity contribution < 1.29 is 0 Å². The van der Waals surface area contributed by atoms with Crippen LogP contribution in [0.15, 0.2) is 72.6 Å². The number of pyridine rings is 2. The maximum Gasteiger partial charge on any atom is 0.126 e. The molecule has 3 nitrogen and oxygen atoms in total. The summed E-state index contributed by atoms with van der Waals surface area (Å²) in [6, 6.07) is 14.4. The lowest BCUT2D eigenvalue weighted by Gasteiger charge is -2.06. The van der Waals surface area contributed by atoms with E-state index >= 15 is 0 Å². The van der Waals surface area contributed by atoms with Gasteiger partial charge in [-0.05, 0) is 35.7 Å². The van der Waals surface area contributed by atoms with E-state index in [4.69, 9.17) is 4.98 Å². The van der Waals surface area contributed by atoms with Crippen molar-refractivity contribution in [2.24, 2.45) is 0 Å². The van der Waals surface area contributed by atoms with Crippen LogP contribution in [0.1, 0.15) is 5.56 Å². The zero-order chi connectivity index (χ0) is 16.4. The summed E-state index contributed by atoms with van der Waals surface area (Å²) in [5, 5.41) is 3.06. The number of hydrogen-bond acceptors (Lipinski definition) is 4. The van der Waals surface area contributed by atoms with E-state index in [1.54, 1.807) is 17.5 Å². The number of nitrogens with zero attached hydrogens (tertiary/aromatic N) is 3. The first kappa shape index (κ1) is 14.7. The molecule has 0 N–H and O–H groups in total. The smallest absolute Gasteiger partial charge is 0.126 e. The molecule has 0 bridgehead atoms. The molecule has 0 spiro atoms. The summed E-state index contributed by atoms with van der Waals surface area (Å²) < 4.78 is 0. The first-order valence-corrected chi connectivity index (χ1v) is 8.57. The normalized spacial score (nSPS) is 10.7. The molecule has 3 aromatic heterocycles. The Balaban J connectivity index is 1.81. The second-order valence-corrected chi connectivity index (χ2v) is 6.37. The fraction of sp³-hybridized carbons (Fsp3) is 0.0500. The molecular weight excluding hydrogens is 314 g/mol. The maximum atomic E-state index is 4.84. The predicted molar refractivity (Wildman–Crippen MR) is 98.7 cm³/mol. The summed E-state index contributed by atoms with van der Waals surface area (Å²) in [4.78, 5) is 13.4. The quantitative estimate of drug-likeness (QED) is 0.516. The van der Waals surface area contributed by atoms with Gasteiger partial charge in [-0.25, -0.2) is 4.98 Å². The first-order chi connectivity index (χ1) is 11.8. The van der Waals surface area contributed by atoms with Crippen molar-refractivity contribution in [3.63, 3.8) is 0 Å².